The summed E-state index contributed by atoms with van der Waals surface area (Å²) < 4.78 is 4.81. The topological polar surface area (TPSA) is 58.6 Å². The van der Waals surface area contributed by atoms with Gasteiger partial charge in [-0.1, -0.05) is 6.07 Å². The zero-order chi connectivity index (χ0) is 13.8. The van der Waals surface area contributed by atoms with E-state index in [1.54, 1.807) is 4.90 Å². The van der Waals surface area contributed by atoms with E-state index in [4.69, 9.17) is 4.74 Å². The van der Waals surface area contributed by atoms with E-state index in [2.05, 4.69) is 5.32 Å². The first-order valence-corrected chi connectivity index (χ1v) is 6.35. The smallest absolute Gasteiger partial charge is 0.409 e. The van der Waals surface area contributed by atoms with Crippen molar-refractivity contribution in [3.05, 3.63) is 34.9 Å². The Morgan fingerprint density at radius 3 is 2.79 bits per heavy atom. The van der Waals surface area contributed by atoms with E-state index >= 15 is 0 Å². The van der Waals surface area contributed by atoms with Crippen LogP contribution >= 0.6 is 0 Å². The van der Waals surface area contributed by atoms with E-state index < -0.39 is 0 Å². The van der Waals surface area contributed by atoms with Crippen LogP contribution in [0.5, 0.6) is 0 Å². The van der Waals surface area contributed by atoms with Crippen molar-refractivity contribution in [2.75, 3.05) is 26.2 Å². The summed E-state index contributed by atoms with van der Waals surface area (Å²) in [5, 5.41) is 2.80. The first-order chi connectivity index (χ1) is 9.08. The second kappa shape index (κ2) is 5.73. The summed E-state index contributed by atoms with van der Waals surface area (Å²) in [4.78, 5) is 24.7. The lowest BCUT2D eigenvalue weighted by Gasteiger charge is -2.13. The molecule has 102 valence electrons. The number of aryl methyl sites for hydroxylation is 2. The fraction of sp³-hybridized carbons (Fsp3) is 0.429. The quantitative estimate of drug-likeness (QED) is 0.894. The molecule has 2 amide bonds. The second-order valence-electron chi connectivity index (χ2n) is 4.66. The number of rotatable bonds is 4. The predicted molar refractivity (Wildman–Crippen MR) is 71.2 cm³/mol. The zero-order valence-corrected chi connectivity index (χ0v) is 11.2. The minimum atomic E-state index is -0.305. The van der Waals surface area contributed by atoms with Crippen molar-refractivity contribution in [1.29, 1.82) is 0 Å². The van der Waals surface area contributed by atoms with Crippen LogP contribution in [0.25, 0.3) is 0 Å². The van der Waals surface area contributed by atoms with Crippen LogP contribution in [0.4, 0.5) is 4.79 Å². The molecule has 0 bridgehead atoms. The van der Waals surface area contributed by atoms with Gasteiger partial charge in [-0.05, 0) is 37.1 Å². The van der Waals surface area contributed by atoms with Crippen LogP contribution in [0.2, 0.25) is 0 Å². The number of carbonyl (C=O) groups is 2. The third-order valence-corrected chi connectivity index (χ3v) is 3.28. The van der Waals surface area contributed by atoms with Crippen LogP contribution in [0, 0.1) is 13.8 Å². The van der Waals surface area contributed by atoms with Gasteiger partial charge in [0.25, 0.3) is 5.91 Å². The third kappa shape index (κ3) is 3.24. The van der Waals surface area contributed by atoms with Gasteiger partial charge < -0.3 is 15.0 Å². The van der Waals surface area contributed by atoms with Crippen LogP contribution < -0.4 is 5.32 Å². The lowest BCUT2D eigenvalue weighted by Crippen LogP contribution is -2.35. The van der Waals surface area contributed by atoms with Crippen molar-refractivity contribution < 1.29 is 14.3 Å². The molecule has 0 aromatic heterocycles. The van der Waals surface area contributed by atoms with Gasteiger partial charge in [-0.2, -0.15) is 0 Å². The standard InChI is InChI=1S/C14H18N2O3/c1-10-3-4-12(9-11(10)2)13(17)15-5-6-16-7-8-19-14(16)18/h3-4,9H,5-8H2,1-2H3,(H,15,17). The molecule has 0 aliphatic carbocycles. The first kappa shape index (κ1) is 13.4. The minimum absolute atomic E-state index is 0.115. The summed E-state index contributed by atoms with van der Waals surface area (Å²) in [7, 11) is 0. The molecule has 0 spiro atoms. The highest BCUT2D eigenvalue weighted by atomic mass is 16.6. The molecule has 1 N–H and O–H groups in total. The van der Waals surface area contributed by atoms with Crippen molar-refractivity contribution in [1.82, 2.24) is 10.2 Å². The maximum Gasteiger partial charge on any atom is 0.409 e. The molecule has 0 atom stereocenters. The highest BCUT2D eigenvalue weighted by Crippen LogP contribution is 2.09. The van der Waals surface area contributed by atoms with Crippen LogP contribution in [0.15, 0.2) is 18.2 Å². The molecule has 2 rings (SSSR count). The average Bonchev–Trinajstić information content (AvgIpc) is 2.78. The van der Waals surface area contributed by atoms with E-state index in [1.807, 2.05) is 32.0 Å². The number of hydrogen-bond acceptors (Lipinski definition) is 3. The van der Waals surface area contributed by atoms with Gasteiger partial charge in [-0.15, -0.1) is 0 Å². The van der Waals surface area contributed by atoms with Crippen LogP contribution in [0.1, 0.15) is 21.5 Å². The average molecular weight is 262 g/mol. The van der Waals surface area contributed by atoms with E-state index in [0.717, 1.165) is 11.1 Å². The van der Waals surface area contributed by atoms with E-state index in [-0.39, 0.29) is 12.0 Å². The fourth-order valence-corrected chi connectivity index (χ4v) is 1.92. The summed E-state index contributed by atoms with van der Waals surface area (Å²) >= 11 is 0. The Hall–Kier alpha value is -2.04. The van der Waals surface area contributed by atoms with Crippen molar-refractivity contribution in [3.8, 4) is 0 Å². The number of amides is 2. The monoisotopic (exact) mass is 262 g/mol. The van der Waals surface area contributed by atoms with Gasteiger partial charge in [-0.3, -0.25) is 4.79 Å². The highest BCUT2D eigenvalue weighted by Gasteiger charge is 2.21. The molecule has 0 unspecified atom stereocenters. The van der Waals surface area contributed by atoms with Gasteiger partial charge in [0.15, 0.2) is 0 Å². The molecule has 1 aromatic carbocycles. The largest absolute Gasteiger partial charge is 0.448 e. The predicted octanol–water partition coefficient (Wildman–Crippen LogP) is 1.49. The Morgan fingerprint density at radius 2 is 2.16 bits per heavy atom. The summed E-state index contributed by atoms with van der Waals surface area (Å²) in [6.07, 6.45) is -0.305. The highest BCUT2D eigenvalue weighted by molar-refractivity contribution is 5.94. The Kier molecular flexibility index (Phi) is 4.04. The van der Waals surface area contributed by atoms with Gasteiger partial charge in [-0.25, -0.2) is 4.79 Å². The lowest BCUT2D eigenvalue weighted by molar-refractivity contribution is 0.0948. The number of benzene rings is 1. The number of cyclic esters (lactones) is 1. The van der Waals surface area contributed by atoms with Gasteiger partial charge >= 0.3 is 6.09 Å². The Balaban J connectivity index is 1.84. The molecule has 1 aliphatic rings. The fourth-order valence-electron chi connectivity index (χ4n) is 1.92. The van der Waals surface area contributed by atoms with Crippen molar-refractivity contribution in [3.63, 3.8) is 0 Å². The Morgan fingerprint density at radius 1 is 1.37 bits per heavy atom. The van der Waals surface area contributed by atoms with Gasteiger partial charge in [0.05, 0.1) is 6.54 Å². The molecule has 0 radical (unpaired) electrons. The van der Waals surface area contributed by atoms with E-state index in [1.165, 1.54) is 0 Å². The SMILES string of the molecule is Cc1ccc(C(=O)NCCN2CCOC2=O)cc1C. The molecule has 5 nitrogen and oxygen atoms in total. The van der Waals surface area contributed by atoms with Crippen LogP contribution in [-0.4, -0.2) is 43.1 Å². The van der Waals surface area contributed by atoms with Gasteiger partial charge in [0.1, 0.15) is 6.61 Å². The minimum Gasteiger partial charge on any atom is -0.448 e. The van der Waals surface area contributed by atoms with Crippen molar-refractivity contribution >= 4 is 12.0 Å². The van der Waals surface area contributed by atoms with Crippen LogP contribution in [-0.2, 0) is 4.74 Å². The third-order valence-electron chi connectivity index (χ3n) is 3.28. The van der Waals surface area contributed by atoms with Crippen molar-refractivity contribution in [2.45, 2.75) is 13.8 Å². The zero-order valence-electron chi connectivity index (χ0n) is 11.2. The van der Waals surface area contributed by atoms with E-state index in [9.17, 15) is 9.59 Å². The van der Waals surface area contributed by atoms with Crippen molar-refractivity contribution in [2.24, 2.45) is 0 Å². The summed E-state index contributed by atoms with van der Waals surface area (Å²) in [6.45, 7) is 5.93. The Bertz CT molecular complexity index is 499. The molecular formula is C14H18N2O3. The lowest BCUT2D eigenvalue weighted by atomic mass is 10.1. The van der Waals surface area contributed by atoms with Crippen LogP contribution in [0.3, 0.4) is 0 Å². The number of nitrogens with one attached hydrogen (secondary N) is 1. The van der Waals surface area contributed by atoms with E-state index in [0.29, 0.717) is 31.8 Å². The first-order valence-electron chi connectivity index (χ1n) is 6.35. The number of carbonyl (C=O) groups excluding carboxylic acids is 2. The second-order valence-corrected chi connectivity index (χ2v) is 4.66. The summed E-state index contributed by atoms with van der Waals surface area (Å²) in [6, 6.07) is 5.61. The van der Waals surface area contributed by atoms with Gasteiger partial charge in [0.2, 0.25) is 0 Å². The molecule has 1 aromatic rings. The molecule has 1 aliphatic heterocycles. The molecule has 19 heavy (non-hydrogen) atoms. The Labute approximate surface area is 112 Å². The summed E-state index contributed by atoms with van der Waals surface area (Å²) in [5.41, 5.74) is 2.90. The molecule has 1 fully saturated rings. The number of nitrogens with zero attached hydrogens (tertiary/aromatic N) is 1. The maximum atomic E-state index is 11.9. The molecular weight excluding hydrogens is 244 g/mol. The molecule has 1 heterocycles. The molecule has 5 heteroatoms. The molecule has 0 saturated carbocycles. The normalized spacial score (nSPS) is 14.4. The number of ether oxygens (including phenoxy) is 1. The summed E-state index contributed by atoms with van der Waals surface area (Å²) in [5.74, 6) is -0.115. The van der Waals surface area contributed by atoms with Gasteiger partial charge in [0, 0.05) is 18.7 Å². The number of hydrogen-bond donors (Lipinski definition) is 1. The maximum absolute atomic E-state index is 11.9. The molecule has 1 saturated heterocycles.